The molecule has 1 N–H and O–H groups in total. The zero-order chi connectivity index (χ0) is 16.0. The number of aromatic nitrogens is 1. The number of aliphatic carboxylic acids is 1. The number of hydrogen-bond acceptors (Lipinski definition) is 3. The predicted octanol–water partition coefficient (Wildman–Crippen LogP) is 3.81. The van der Waals surface area contributed by atoms with Crippen molar-refractivity contribution in [2.75, 3.05) is 5.75 Å². The average Bonchev–Trinajstić information content (AvgIpc) is 3.15. The number of aryl methyl sites for hydroxylation is 1. The van der Waals surface area contributed by atoms with E-state index in [-0.39, 0.29) is 11.7 Å². The van der Waals surface area contributed by atoms with Gasteiger partial charge < -0.3 is 9.67 Å². The van der Waals surface area contributed by atoms with Crippen molar-refractivity contribution in [1.82, 2.24) is 4.57 Å². The lowest BCUT2D eigenvalue weighted by atomic mass is 9.95. The summed E-state index contributed by atoms with van der Waals surface area (Å²) in [4.78, 5) is 23.6. The van der Waals surface area contributed by atoms with Gasteiger partial charge in [-0.1, -0.05) is 30.7 Å². The van der Waals surface area contributed by atoms with Crippen molar-refractivity contribution in [2.24, 2.45) is 0 Å². The third-order valence-electron chi connectivity index (χ3n) is 5.09. The Bertz CT molecular complexity index is 802. The Hall–Kier alpha value is -1.75. The van der Waals surface area contributed by atoms with Gasteiger partial charge in [0.2, 0.25) is 5.12 Å². The molecule has 1 aromatic carbocycles. The van der Waals surface area contributed by atoms with Gasteiger partial charge in [-0.3, -0.25) is 9.59 Å². The lowest BCUT2D eigenvalue weighted by Gasteiger charge is -2.13. The van der Waals surface area contributed by atoms with Crippen molar-refractivity contribution in [3.63, 3.8) is 0 Å². The van der Waals surface area contributed by atoms with Crippen LogP contribution in [0.25, 0.3) is 10.9 Å². The second-order valence-electron chi connectivity index (χ2n) is 6.45. The van der Waals surface area contributed by atoms with Crippen molar-refractivity contribution >= 4 is 33.7 Å². The third kappa shape index (κ3) is 2.47. The Morgan fingerprint density at radius 3 is 2.83 bits per heavy atom. The molecule has 1 aliphatic heterocycles. The topological polar surface area (TPSA) is 59.3 Å². The first-order valence-electron chi connectivity index (χ1n) is 8.19. The molecule has 0 radical (unpaired) electrons. The fraction of sp³-hybridized carbons (Fsp3) is 0.444. The van der Waals surface area contributed by atoms with Gasteiger partial charge in [-0.2, -0.15) is 0 Å². The Morgan fingerprint density at radius 2 is 2.09 bits per heavy atom. The first-order valence-corrected chi connectivity index (χ1v) is 9.17. The Kier molecular flexibility index (Phi) is 3.68. The largest absolute Gasteiger partial charge is 0.480 e. The Labute approximate surface area is 138 Å². The molecule has 5 heteroatoms. The molecule has 23 heavy (non-hydrogen) atoms. The maximum atomic E-state index is 12.3. The molecule has 0 bridgehead atoms. The second kappa shape index (κ2) is 5.71. The molecule has 2 heterocycles. The summed E-state index contributed by atoms with van der Waals surface area (Å²) in [6, 6.07) is 6.35. The SMILES string of the molecule is O=C(O)Cn1c2c(c3cc(C4CCCC4)ccc31)CCSC2=O. The molecule has 2 aromatic rings. The normalized spacial score (nSPS) is 18.5. The predicted molar refractivity (Wildman–Crippen MR) is 91.3 cm³/mol. The molecule has 4 nitrogen and oxygen atoms in total. The molecule has 0 atom stereocenters. The zero-order valence-corrected chi connectivity index (χ0v) is 13.7. The highest BCUT2D eigenvalue weighted by atomic mass is 32.2. The minimum absolute atomic E-state index is 0.00566. The molecule has 2 aliphatic rings. The van der Waals surface area contributed by atoms with Crippen LogP contribution >= 0.6 is 11.8 Å². The van der Waals surface area contributed by atoms with E-state index < -0.39 is 5.97 Å². The summed E-state index contributed by atoms with van der Waals surface area (Å²) in [6.07, 6.45) is 5.88. The van der Waals surface area contributed by atoms with Gasteiger partial charge in [0.15, 0.2) is 0 Å². The van der Waals surface area contributed by atoms with Crippen molar-refractivity contribution < 1.29 is 14.7 Å². The molecular formula is C18H19NO3S. The number of carbonyl (C=O) groups is 2. The summed E-state index contributed by atoms with van der Waals surface area (Å²) in [5, 5.41) is 10.3. The van der Waals surface area contributed by atoms with Crippen molar-refractivity contribution in [3.8, 4) is 0 Å². The summed E-state index contributed by atoms with van der Waals surface area (Å²) in [7, 11) is 0. The highest BCUT2D eigenvalue weighted by molar-refractivity contribution is 8.14. The monoisotopic (exact) mass is 329 g/mol. The molecule has 1 fully saturated rings. The van der Waals surface area contributed by atoms with Crippen LogP contribution in [-0.2, 0) is 17.8 Å². The van der Waals surface area contributed by atoms with Crippen LogP contribution in [-0.4, -0.2) is 26.5 Å². The van der Waals surface area contributed by atoms with E-state index in [1.165, 1.54) is 43.0 Å². The van der Waals surface area contributed by atoms with Gasteiger partial charge in [-0.05, 0) is 48.4 Å². The second-order valence-corrected chi connectivity index (χ2v) is 7.52. The van der Waals surface area contributed by atoms with Crippen LogP contribution in [0.4, 0.5) is 0 Å². The number of hydrogen-bond donors (Lipinski definition) is 1. The molecule has 1 saturated carbocycles. The molecule has 4 rings (SSSR count). The number of rotatable bonds is 3. The first-order chi connectivity index (χ1) is 11.1. The molecule has 120 valence electrons. The van der Waals surface area contributed by atoms with Crippen molar-refractivity contribution in [3.05, 3.63) is 35.0 Å². The molecule has 1 aromatic heterocycles. The smallest absolute Gasteiger partial charge is 0.323 e. The van der Waals surface area contributed by atoms with Gasteiger partial charge in [0.25, 0.3) is 0 Å². The molecule has 0 unspecified atom stereocenters. The van der Waals surface area contributed by atoms with E-state index >= 15 is 0 Å². The van der Waals surface area contributed by atoms with E-state index in [1.807, 2.05) is 6.07 Å². The fourth-order valence-electron chi connectivity index (χ4n) is 4.05. The lowest BCUT2D eigenvalue weighted by Crippen LogP contribution is -2.17. The number of nitrogens with zero attached hydrogens (tertiary/aromatic N) is 1. The number of thioether (sulfide) groups is 1. The Balaban J connectivity index is 1.91. The van der Waals surface area contributed by atoms with Crippen LogP contribution in [0.2, 0.25) is 0 Å². The van der Waals surface area contributed by atoms with Crippen LogP contribution in [0.1, 0.15) is 53.2 Å². The van der Waals surface area contributed by atoms with Gasteiger partial charge in [0, 0.05) is 16.7 Å². The number of carboxylic acid groups (broad SMARTS) is 1. The van der Waals surface area contributed by atoms with Gasteiger partial charge >= 0.3 is 5.97 Å². The zero-order valence-electron chi connectivity index (χ0n) is 12.9. The molecule has 1 aliphatic carbocycles. The minimum atomic E-state index is -0.909. The van der Waals surface area contributed by atoms with E-state index in [0.29, 0.717) is 11.6 Å². The lowest BCUT2D eigenvalue weighted by molar-refractivity contribution is -0.137. The molecule has 0 saturated heterocycles. The number of carboxylic acids is 1. The maximum absolute atomic E-state index is 12.3. The molecule has 0 amide bonds. The molecule has 0 spiro atoms. The van der Waals surface area contributed by atoms with Crippen LogP contribution in [0, 0.1) is 0 Å². The minimum Gasteiger partial charge on any atom is -0.480 e. The summed E-state index contributed by atoms with van der Waals surface area (Å²) in [5.74, 6) is 0.491. The summed E-state index contributed by atoms with van der Waals surface area (Å²) in [6.45, 7) is -0.152. The van der Waals surface area contributed by atoms with Gasteiger partial charge in [0.1, 0.15) is 12.2 Å². The van der Waals surface area contributed by atoms with Gasteiger partial charge in [0.05, 0.1) is 0 Å². The fourth-order valence-corrected chi connectivity index (χ4v) is 4.92. The highest BCUT2D eigenvalue weighted by Gasteiger charge is 2.28. The van der Waals surface area contributed by atoms with Gasteiger partial charge in [-0.25, -0.2) is 0 Å². The van der Waals surface area contributed by atoms with Crippen LogP contribution in [0.15, 0.2) is 18.2 Å². The van der Waals surface area contributed by atoms with E-state index in [1.54, 1.807) is 4.57 Å². The van der Waals surface area contributed by atoms with E-state index in [2.05, 4.69) is 12.1 Å². The van der Waals surface area contributed by atoms with Gasteiger partial charge in [-0.15, -0.1) is 0 Å². The number of benzene rings is 1. The standard InChI is InChI=1S/C18H19NO3S/c20-16(21)10-19-15-6-5-12(11-3-1-2-4-11)9-14(15)13-7-8-23-18(22)17(13)19/h5-6,9,11H,1-4,7-8,10H2,(H,20,21). The average molecular weight is 329 g/mol. The summed E-state index contributed by atoms with van der Waals surface area (Å²) in [5.41, 5.74) is 3.87. The number of carbonyl (C=O) groups excluding carboxylic acids is 1. The summed E-state index contributed by atoms with van der Waals surface area (Å²) < 4.78 is 1.69. The number of fused-ring (bicyclic) bond motifs is 3. The molecular weight excluding hydrogens is 310 g/mol. The van der Waals surface area contributed by atoms with Crippen molar-refractivity contribution in [2.45, 2.75) is 44.6 Å². The quantitative estimate of drug-likeness (QED) is 0.930. The van der Waals surface area contributed by atoms with E-state index in [9.17, 15) is 14.7 Å². The first kappa shape index (κ1) is 14.8. The van der Waals surface area contributed by atoms with Crippen LogP contribution in [0.5, 0.6) is 0 Å². The third-order valence-corrected chi connectivity index (χ3v) is 5.95. The Morgan fingerprint density at radius 1 is 1.30 bits per heavy atom. The maximum Gasteiger partial charge on any atom is 0.323 e. The summed E-state index contributed by atoms with van der Waals surface area (Å²) >= 11 is 1.29. The van der Waals surface area contributed by atoms with E-state index in [4.69, 9.17) is 0 Å². The van der Waals surface area contributed by atoms with Crippen LogP contribution in [0.3, 0.4) is 0 Å². The van der Waals surface area contributed by atoms with Crippen molar-refractivity contribution in [1.29, 1.82) is 0 Å². The van der Waals surface area contributed by atoms with Crippen LogP contribution < -0.4 is 0 Å². The van der Waals surface area contributed by atoms with E-state index in [0.717, 1.165) is 28.6 Å². The highest BCUT2D eigenvalue weighted by Crippen LogP contribution is 2.39.